The number of nitrogens with zero attached hydrogens (tertiary/aromatic N) is 2. The molecule has 2 aromatic rings. The Balaban J connectivity index is 2.00. The quantitative estimate of drug-likeness (QED) is 0.676. The van der Waals surface area contributed by atoms with E-state index in [0.29, 0.717) is 60.8 Å². The van der Waals surface area contributed by atoms with Crippen molar-refractivity contribution in [3.05, 3.63) is 76.5 Å². The van der Waals surface area contributed by atoms with E-state index in [1.165, 1.54) is 11.0 Å². The van der Waals surface area contributed by atoms with Crippen LogP contribution in [0.2, 0.25) is 0 Å². The number of ether oxygens (including phenoxy) is 2. The Morgan fingerprint density at radius 3 is 2.61 bits per heavy atom. The summed E-state index contributed by atoms with van der Waals surface area (Å²) in [5, 5.41) is 10.2. The molecule has 0 saturated heterocycles. The van der Waals surface area contributed by atoms with Gasteiger partial charge in [0.05, 0.1) is 36.5 Å². The van der Waals surface area contributed by atoms with Crippen molar-refractivity contribution in [2.75, 3.05) is 18.1 Å². The maximum Gasteiger partial charge on any atom is 0.161 e. The molecule has 0 bridgehead atoms. The molecule has 2 N–H and O–H groups in total. The number of carbonyl (C=O) groups is 1. The fourth-order valence-corrected chi connectivity index (χ4v) is 4.60. The molecule has 1 aliphatic heterocycles. The van der Waals surface area contributed by atoms with Gasteiger partial charge in [0, 0.05) is 23.3 Å². The fraction of sp³-hybridized carbons (Fsp3) is 0.308. The molecule has 0 spiro atoms. The highest BCUT2D eigenvalue weighted by molar-refractivity contribution is 6.01. The van der Waals surface area contributed by atoms with Gasteiger partial charge >= 0.3 is 0 Å². The number of anilines is 1. The molecule has 4 rings (SSSR count). The number of rotatable bonds is 6. The minimum atomic E-state index is -0.720. The van der Waals surface area contributed by atoms with Gasteiger partial charge in [0.2, 0.25) is 0 Å². The van der Waals surface area contributed by atoms with E-state index >= 15 is 0 Å². The molecule has 0 radical (unpaired) electrons. The average Bonchev–Trinajstić information content (AvgIpc) is 2.81. The molecular weight excluding hydrogens is 421 g/mol. The standard InChI is InChI=1S/C26H26FN3O3/c1-3-32-16-12-13-23(33-4-2)17(14-16)24-18(15-28)26(29)30(20-9-6-5-8-19(20)27)21-10-7-11-22(31)25(21)24/h5-6,8-9,12-14,24H,3-4,7,10-11,29H2,1-2H3. The molecule has 0 fully saturated rings. The summed E-state index contributed by atoms with van der Waals surface area (Å²) >= 11 is 0. The van der Waals surface area contributed by atoms with Crippen LogP contribution in [0.4, 0.5) is 10.1 Å². The highest BCUT2D eigenvalue weighted by Gasteiger charge is 2.42. The van der Waals surface area contributed by atoms with Crippen molar-refractivity contribution in [3.63, 3.8) is 0 Å². The summed E-state index contributed by atoms with van der Waals surface area (Å²) in [6.45, 7) is 4.63. The number of hydrogen-bond acceptors (Lipinski definition) is 6. The van der Waals surface area contributed by atoms with Gasteiger partial charge in [-0.2, -0.15) is 5.26 Å². The van der Waals surface area contributed by atoms with Crippen molar-refractivity contribution in [1.82, 2.24) is 0 Å². The van der Waals surface area contributed by atoms with E-state index in [4.69, 9.17) is 15.2 Å². The van der Waals surface area contributed by atoms with Crippen LogP contribution in [0, 0.1) is 17.1 Å². The van der Waals surface area contributed by atoms with Crippen molar-refractivity contribution < 1.29 is 18.7 Å². The largest absolute Gasteiger partial charge is 0.494 e. The number of nitriles is 1. The predicted molar refractivity (Wildman–Crippen MR) is 123 cm³/mol. The molecule has 1 unspecified atom stereocenters. The Bertz CT molecular complexity index is 1200. The smallest absolute Gasteiger partial charge is 0.161 e. The van der Waals surface area contributed by atoms with Gasteiger partial charge in [-0.05, 0) is 57.0 Å². The van der Waals surface area contributed by atoms with Crippen molar-refractivity contribution in [3.8, 4) is 17.6 Å². The minimum Gasteiger partial charge on any atom is -0.494 e. The maximum absolute atomic E-state index is 14.8. The number of halogens is 1. The number of carbonyl (C=O) groups excluding carboxylic acids is 1. The van der Waals surface area contributed by atoms with Crippen LogP contribution in [0.15, 0.2) is 65.1 Å². The number of ketones is 1. The van der Waals surface area contributed by atoms with Crippen molar-refractivity contribution in [1.29, 1.82) is 5.26 Å². The third-order valence-electron chi connectivity index (χ3n) is 5.91. The molecule has 7 heteroatoms. The number of hydrogen-bond donors (Lipinski definition) is 1. The first-order valence-electron chi connectivity index (χ1n) is 11.1. The van der Waals surface area contributed by atoms with Crippen LogP contribution in [0.3, 0.4) is 0 Å². The Morgan fingerprint density at radius 1 is 1.15 bits per heavy atom. The van der Waals surface area contributed by atoms with Gasteiger partial charge in [-0.3, -0.25) is 9.69 Å². The van der Waals surface area contributed by atoms with Crippen molar-refractivity contribution >= 4 is 11.5 Å². The normalized spacial score (nSPS) is 18.2. The van der Waals surface area contributed by atoms with Gasteiger partial charge in [0.15, 0.2) is 5.78 Å². The van der Waals surface area contributed by atoms with Crippen LogP contribution in [0.1, 0.15) is 44.6 Å². The lowest BCUT2D eigenvalue weighted by atomic mass is 9.75. The summed E-state index contributed by atoms with van der Waals surface area (Å²) < 4.78 is 26.4. The average molecular weight is 448 g/mol. The van der Waals surface area contributed by atoms with Crippen LogP contribution in [-0.4, -0.2) is 19.0 Å². The SMILES string of the molecule is CCOc1ccc(OCC)c(C2C(C#N)=C(N)N(c3ccccc3F)C3=C2C(=O)CCC3)c1. The Kier molecular flexibility index (Phi) is 6.36. The highest BCUT2D eigenvalue weighted by Crippen LogP contribution is 2.49. The van der Waals surface area contributed by atoms with Crippen LogP contribution in [-0.2, 0) is 4.79 Å². The molecule has 6 nitrogen and oxygen atoms in total. The Morgan fingerprint density at radius 2 is 1.91 bits per heavy atom. The van der Waals surface area contributed by atoms with Crippen LogP contribution < -0.4 is 20.1 Å². The number of benzene rings is 2. The molecule has 1 heterocycles. The predicted octanol–water partition coefficient (Wildman–Crippen LogP) is 4.93. The number of para-hydroxylation sites is 1. The van der Waals surface area contributed by atoms with Crippen molar-refractivity contribution in [2.45, 2.75) is 39.0 Å². The molecular formula is C26H26FN3O3. The third-order valence-corrected chi connectivity index (χ3v) is 5.91. The van der Waals surface area contributed by atoms with Gasteiger partial charge < -0.3 is 15.2 Å². The van der Waals surface area contributed by atoms with E-state index in [2.05, 4.69) is 6.07 Å². The zero-order valence-corrected chi connectivity index (χ0v) is 18.7. The van der Waals surface area contributed by atoms with Gasteiger partial charge in [0.25, 0.3) is 0 Å². The molecule has 1 atom stereocenters. The summed E-state index contributed by atoms with van der Waals surface area (Å²) in [6, 6.07) is 13.8. The van der Waals surface area contributed by atoms with Crippen LogP contribution in [0.25, 0.3) is 0 Å². The van der Waals surface area contributed by atoms with E-state index < -0.39 is 11.7 Å². The first-order valence-corrected chi connectivity index (χ1v) is 11.1. The van der Waals surface area contributed by atoms with E-state index in [1.807, 2.05) is 13.8 Å². The summed E-state index contributed by atoms with van der Waals surface area (Å²) in [5.74, 6) is -0.000531. The minimum absolute atomic E-state index is 0.0768. The van der Waals surface area contributed by atoms with Crippen molar-refractivity contribution in [2.24, 2.45) is 5.73 Å². The van der Waals surface area contributed by atoms with E-state index in [1.54, 1.807) is 36.4 Å². The summed E-state index contributed by atoms with van der Waals surface area (Å²) in [7, 11) is 0. The van der Waals surface area contributed by atoms with Crippen LogP contribution >= 0.6 is 0 Å². The monoisotopic (exact) mass is 447 g/mol. The fourth-order valence-electron chi connectivity index (χ4n) is 4.60. The molecule has 170 valence electrons. The van der Waals surface area contributed by atoms with Gasteiger partial charge in [-0.1, -0.05) is 12.1 Å². The second kappa shape index (κ2) is 9.37. The Labute approximate surface area is 192 Å². The lowest BCUT2D eigenvalue weighted by Crippen LogP contribution is -2.39. The lowest BCUT2D eigenvalue weighted by Gasteiger charge is -2.40. The summed E-state index contributed by atoms with van der Waals surface area (Å²) in [6.07, 6.45) is 1.52. The first-order chi connectivity index (χ1) is 16.0. The zero-order chi connectivity index (χ0) is 23.5. The van der Waals surface area contributed by atoms with Crippen LogP contribution in [0.5, 0.6) is 11.5 Å². The third kappa shape index (κ3) is 3.93. The zero-order valence-electron chi connectivity index (χ0n) is 18.7. The lowest BCUT2D eigenvalue weighted by molar-refractivity contribution is -0.116. The summed E-state index contributed by atoms with van der Waals surface area (Å²) in [4.78, 5) is 14.8. The number of allylic oxidation sites excluding steroid dienone is 3. The molecule has 2 aliphatic rings. The van der Waals surface area contributed by atoms with Gasteiger partial charge in [-0.25, -0.2) is 4.39 Å². The molecule has 1 aliphatic carbocycles. The highest BCUT2D eigenvalue weighted by atomic mass is 19.1. The Hall–Kier alpha value is -3.79. The van der Waals surface area contributed by atoms with E-state index in [9.17, 15) is 14.4 Å². The summed E-state index contributed by atoms with van der Waals surface area (Å²) in [5.41, 5.74) is 8.66. The maximum atomic E-state index is 14.8. The van der Waals surface area contributed by atoms with E-state index in [-0.39, 0.29) is 22.9 Å². The molecule has 2 aromatic carbocycles. The number of nitrogens with two attached hydrogens (primary N) is 1. The molecule has 0 aromatic heterocycles. The second-order valence-electron chi connectivity index (χ2n) is 7.83. The molecule has 0 amide bonds. The number of Topliss-reactive ketones (excluding diaryl/α,β-unsaturated/α-hetero) is 1. The van der Waals surface area contributed by atoms with Gasteiger partial charge in [0.1, 0.15) is 23.1 Å². The first kappa shape index (κ1) is 22.4. The topological polar surface area (TPSA) is 88.6 Å². The van der Waals surface area contributed by atoms with E-state index in [0.717, 1.165) is 0 Å². The second-order valence-corrected chi connectivity index (χ2v) is 7.83. The molecule has 33 heavy (non-hydrogen) atoms. The molecule has 0 saturated carbocycles. The van der Waals surface area contributed by atoms with Gasteiger partial charge in [-0.15, -0.1) is 0 Å².